The Morgan fingerprint density at radius 1 is 0.250 bits per heavy atom. The molecule has 0 amide bonds. The Morgan fingerprint density at radius 3 is 1.44 bits per heavy atom. The van der Waals surface area contributed by atoms with Gasteiger partial charge in [0.25, 0.3) is 0 Å². The van der Waals surface area contributed by atoms with Gasteiger partial charge in [-0.2, -0.15) is 0 Å². The molecule has 0 atom stereocenters. The number of rotatable bonds is 8. The lowest BCUT2D eigenvalue weighted by atomic mass is 9.67. The second kappa shape index (κ2) is 16.3. The average Bonchev–Trinajstić information content (AvgIpc) is 3.72. The number of fused-ring (bicyclic) bond motifs is 7. The fraction of sp³-hybridized carbons (Fsp3) is 0.0149. The Morgan fingerprint density at radius 2 is 0.721 bits per heavy atom. The van der Waals surface area contributed by atoms with Crippen LogP contribution in [0.4, 0.5) is 17.1 Å². The Balaban J connectivity index is 1.12. The average molecular weight is 864 g/mol. The van der Waals surface area contributed by atoms with E-state index in [1.807, 2.05) is 0 Å². The van der Waals surface area contributed by atoms with Gasteiger partial charge in [-0.15, -0.1) is 0 Å². The molecule has 1 aliphatic carbocycles. The van der Waals surface area contributed by atoms with Gasteiger partial charge in [-0.05, 0) is 135 Å². The first-order chi connectivity index (χ1) is 33.8. The van der Waals surface area contributed by atoms with Gasteiger partial charge in [0.1, 0.15) is 0 Å². The predicted octanol–water partition coefficient (Wildman–Crippen LogP) is 18.0. The standard InChI is InChI=1S/C67H45N/c1-5-22-47(23-6-1)65-61-36-16-15-34-57(61)58-41-39-53(44-62(58)66(65)48-24-7-2-8-25-48)68(52-32-19-27-49(43-52)56-37-20-26-46-21-13-14-33-55(46)56)54-40-42-60-59-35-17-18-38-63(59)67(64(60)45-54,50-28-9-3-10-29-50)51-30-11-4-12-31-51/h1-45H. The second-order valence-electron chi connectivity index (χ2n) is 17.9. The summed E-state index contributed by atoms with van der Waals surface area (Å²) in [6.45, 7) is 0. The van der Waals surface area contributed by atoms with E-state index in [4.69, 9.17) is 0 Å². The summed E-state index contributed by atoms with van der Waals surface area (Å²) in [7, 11) is 0. The summed E-state index contributed by atoms with van der Waals surface area (Å²) in [6, 6.07) is 101. The molecule has 0 radical (unpaired) electrons. The molecule has 0 heterocycles. The normalized spacial score (nSPS) is 12.5. The zero-order chi connectivity index (χ0) is 45.0. The highest BCUT2D eigenvalue weighted by Gasteiger charge is 2.46. The van der Waals surface area contributed by atoms with Crippen molar-refractivity contribution in [3.05, 3.63) is 295 Å². The van der Waals surface area contributed by atoms with E-state index in [0.717, 1.165) is 17.1 Å². The van der Waals surface area contributed by atoms with Gasteiger partial charge < -0.3 is 4.90 Å². The second-order valence-corrected chi connectivity index (χ2v) is 17.9. The highest BCUT2D eigenvalue weighted by atomic mass is 15.1. The predicted molar refractivity (Wildman–Crippen MR) is 287 cm³/mol. The third kappa shape index (κ3) is 6.24. The van der Waals surface area contributed by atoms with Crippen molar-refractivity contribution in [1.82, 2.24) is 0 Å². The van der Waals surface area contributed by atoms with Gasteiger partial charge in [0.15, 0.2) is 0 Å². The lowest BCUT2D eigenvalue weighted by Gasteiger charge is -2.35. The largest absolute Gasteiger partial charge is 0.310 e. The van der Waals surface area contributed by atoms with Crippen molar-refractivity contribution in [2.75, 3.05) is 4.90 Å². The molecule has 12 aromatic carbocycles. The Hall–Kier alpha value is -8.78. The van der Waals surface area contributed by atoms with Crippen molar-refractivity contribution in [2.45, 2.75) is 5.41 Å². The van der Waals surface area contributed by atoms with E-state index in [-0.39, 0.29) is 0 Å². The zero-order valence-electron chi connectivity index (χ0n) is 37.4. The molecule has 0 spiro atoms. The van der Waals surface area contributed by atoms with Crippen LogP contribution in [0.5, 0.6) is 0 Å². The molecule has 1 heteroatoms. The molecule has 0 N–H and O–H groups in total. The summed E-state index contributed by atoms with van der Waals surface area (Å²) in [4.78, 5) is 2.49. The minimum absolute atomic E-state index is 0.547. The number of benzene rings is 12. The first kappa shape index (κ1) is 39.6. The van der Waals surface area contributed by atoms with Crippen molar-refractivity contribution in [3.8, 4) is 44.5 Å². The van der Waals surface area contributed by atoms with Crippen LogP contribution in [0, 0.1) is 0 Å². The molecule has 0 bridgehead atoms. The molecule has 68 heavy (non-hydrogen) atoms. The number of nitrogens with zero attached hydrogens (tertiary/aromatic N) is 1. The molecule has 0 saturated heterocycles. The first-order valence-electron chi connectivity index (χ1n) is 23.6. The van der Waals surface area contributed by atoms with E-state index >= 15 is 0 Å². The van der Waals surface area contributed by atoms with Gasteiger partial charge in [0.05, 0.1) is 5.41 Å². The van der Waals surface area contributed by atoms with Crippen LogP contribution >= 0.6 is 0 Å². The molecule has 1 aliphatic rings. The molecule has 0 fully saturated rings. The van der Waals surface area contributed by atoms with Crippen LogP contribution in [0.15, 0.2) is 273 Å². The smallest absolute Gasteiger partial charge is 0.0714 e. The van der Waals surface area contributed by atoms with Gasteiger partial charge in [-0.3, -0.25) is 0 Å². The molecule has 0 saturated carbocycles. The summed E-state index contributed by atoms with van der Waals surface area (Å²) in [6.07, 6.45) is 0. The SMILES string of the molecule is c1ccc(-c2c(-c3ccccc3)c3cc(N(c4cccc(-c5cccc6ccccc56)c4)c4ccc5c(c4)C(c4ccccc4)(c4ccccc4)c4ccccc4-5)ccc3c3ccccc23)cc1. The van der Waals surface area contributed by atoms with Crippen LogP contribution < -0.4 is 4.90 Å². The molecule has 1 nitrogen and oxygen atoms in total. The summed E-state index contributed by atoms with van der Waals surface area (Å²) >= 11 is 0. The van der Waals surface area contributed by atoms with Gasteiger partial charge >= 0.3 is 0 Å². The van der Waals surface area contributed by atoms with E-state index in [1.165, 1.54) is 99.1 Å². The monoisotopic (exact) mass is 863 g/mol. The summed E-state index contributed by atoms with van der Waals surface area (Å²) in [5, 5.41) is 7.38. The van der Waals surface area contributed by atoms with Crippen LogP contribution in [0.2, 0.25) is 0 Å². The van der Waals surface area contributed by atoms with E-state index in [1.54, 1.807) is 0 Å². The molecule has 0 unspecified atom stereocenters. The molecular weight excluding hydrogens is 819 g/mol. The maximum absolute atomic E-state index is 2.49. The van der Waals surface area contributed by atoms with E-state index in [0.29, 0.717) is 0 Å². The number of hydrogen-bond acceptors (Lipinski definition) is 1. The third-order valence-corrected chi connectivity index (χ3v) is 14.3. The van der Waals surface area contributed by atoms with E-state index in [9.17, 15) is 0 Å². The Kier molecular flexibility index (Phi) is 9.47. The van der Waals surface area contributed by atoms with Crippen LogP contribution in [-0.4, -0.2) is 0 Å². The Bertz CT molecular complexity index is 3790. The van der Waals surface area contributed by atoms with Gasteiger partial charge in [-0.25, -0.2) is 0 Å². The van der Waals surface area contributed by atoms with Crippen molar-refractivity contribution in [2.24, 2.45) is 0 Å². The van der Waals surface area contributed by atoms with E-state index < -0.39 is 5.41 Å². The molecular formula is C67H45N. The highest BCUT2D eigenvalue weighted by Crippen LogP contribution is 2.57. The van der Waals surface area contributed by atoms with Crippen molar-refractivity contribution >= 4 is 49.4 Å². The van der Waals surface area contributed by atoms with Gasteiger partial charge in [0.2, 0.25) is 0 Å². The van der Waals surface area contributed by atoms with E-state index in [2.05, 4.69) is 278 Å². The minimum Gasteiger partial charge on any atom is -0.310 e. The minimum atomic E-state index is -0.547. The molecule has 0 aliphatic heterocycles. The zero-order valence-corrected chi connectivity index (χ0v) is 37.4. The van der Waals surface area contributed by atoms with Crippen molar-refractivity contribution in [3.63, 3.8) is 0 Å². The van der Waals surface area contributed by atoms with Crippen LogP contribution in [0.25, 0.3) is 76.8 Å². The van der Waals surface area contributed by atoms with Crippen LogP contribution in [-0.2, 0) is 5.41 Å². The van der Waals surface area contributed by atoms with Crippen molar-refractivity contribution in [1.29, 1.82) is 0 Å². The number of anilines is 3. The molecule has 0 aromatic heterocycles. The summed E-state index contributed by atoms with van der Waals surface area (Å²) in [5.41, 5.74) is 17.5. The van der Waals surface area contributed by atoms with Crippen LogP contribution in [0.1, 0.15) is 22.3 Å². The fourth-order valence-electron chi connectivity index (χ4n) is 11.4. The third-order valence-electron chi connectivity index (χ3n) is 14.3. The quantitative estimate of drug-likeness (QED) is 0.138. The Labute approximate surface area is 397 Å². The lowest BCUT2D eigenvalue weighted by Crippen LogP contribution is -2.28. The molecule has 13 rings (SSSR count). The molecule has 12 aromatic rings. The van der Waals surface area contributed by atoms with Gasteiger partial charge in [-0.1, -0.05) is 237 Å². The fourth-order valence-corrected chi connectivity index (χ4v) is 11.4. The maximum Gasteiger partial charge on any atom is 0.0714 e. The maximum atomic E-state index is 2.49. The molecule has 318 valence electrons. The van der Waals surface area contributed by atoms with Crippen molar-refractivity contribution < 1.29 is 0 Å². The first-order valence-corrected chi connectivity index (χ1v) is 23.6. The van der Waals surface area contributed by atoms with Gasteiger partial charge in [0, 0.05) is 17.1 Å². The highest BCUT2D eigenvalue weighted by molar-refractivity contribution is 6.22. The number of hydrogen-bond donors (Lipinski definition) is 0. The van der Waals surface area contributed by atoms with Crippen LogP contribution in [0.3, 0.4) is 0 Å². The summed E-state index contributed by atoms with van der Waals surface area (Å²) < 4.78 is 0. The lowest BCUT2D eigenvalue weighted by molar-refractivity contribution is 0.768. The summed E-state index contributed by atoms with van der Waals surface area (Å²) in [5.74, 6) is 0. The topological polar surface area (TPSA) is 3.24 Å².